The number of hydrogen-bond donors (Lipinski definition) is 2. The Hall–Kier alpha value is -4.22. The van der Waals surface area contributed by atoms with Crippen molar-refractivity contribution in [3.8, 4) is 33.6 Å². The van der Waals surface area contributed by atoms with Crippen LogP contribution in [0.15, 0.2) is 70.5 Å². The molecule has 6 aromatic rings. The molecule has 0 unspecified atom stereocenters. The number of hydrogen-bond acceptors (Lipinski definition) is 6. The minimum atomic E-state index is -0.0740. The summed E-state index contributed by atoms with van der Waals surface area (Å²) in [6.45, 7) is 7.11. The molecule has 0 saturated carbocycles. The van der Waals surface area contributed by atoms with Crippen LogP contribution < -0.4 is 21.8 Å². The topological polar surface area (TPSA) is 103 Å². The zero-order chi connectivity index (χ0) is 33.1. The second-order valence-corrected chi connectivity index (χ2v) is 13.8. The second kappa shape index (κ2) is 12.3. The molecular formula is C36H36Cl2N8O2. The number of aryl methyl sites for hydroxylation is 2. The van der Waals surface area contributed by atoms with Gasteiger partial charge in [-0.3, -0.25) is 9.59 Å². The molecular weight excluding hydrogens is 647 g/mol. The van der Waals surface area contributed by atoms with E-state index in [0.29, 0.717) is 68.8 Å². The Bertz CT molecular complexity index is 2160. The standard InChI is InChI=1S/C36H36Cl2N8O2/c1-21-17-45-31(35(47)43(21)19-23-7-5-13-39-23)15-29(41-45)27-11-3-9-25(33(27)37)26-10-4-12-28(34(26)38)30-16-32-36(48)44(20-24-8-6-14-40-24)22(2)18-46(32)42-30/h3-4,9-12,15-18,23-24,39-40H,5-8,13-14,19-20H2,1-2H3/t23-,24-/m1/s1. The van der Waals surface area contributed by atoms with Gasteiger partial charge in [-0.15, -0.1) is 0 Å². The maximum atomic E-state index is 13.6. The Balaban J connectivity index is 1.16. The fourth-order valence-corrected chi connectivity index (χ4v) is 7.90. The maximum Gasteiger partial charge on any atom is 0.276 e. The van der Waals surface area contributed by atoms with Crippen LogP contribution >= 0.6 is 23.2 Å². The number of nitrogens with zero attached hydrogens (tertiary/aromatic N) is 6. The van der Waals surface area contributed by atoms with E-state index in [-0.39, 0.29) is 11.1 Å². The van der Waals surface area contributed by atoms with Crippen LogP contribution in [0.1, 0.15) is 37.1 Å². The van der Waals surface area contributed by atoms with Gasteiger partial charge < -0.3 is 19.8 Å². The molecule has 2 aliphatic heterocycles. The third-order valence-electron chi connectivity index (χ3n) is 9.84. The molecule has 8 rings (SSSR count). The van der Waals surface area contributed by atoms with Gasteiger partial charge in [0.25, 0.3) is 11.1 Å². The van der Waals surface area contributed by atoms with Crippen LogP contribution in [0, 0.1) is 13.8 Å². The van der Waals surface area contributed by atoms with E-state index < -0.39 is 0 Å². The summed E-state index contributed by atoms with van der Waals surface area (Å²) in [5.74, 6) is 0. The van der Waals surface area contributed by atoms with Gasteiger partial charge >= 0.3 is 0 Å². The molecule has 6 heterocycles. The summed E-state index contributed by atoms with van der Waals surface area (Å²) < 4.78 is 6.95. The lowest BCUT2D eigenvalue weighted by Gasteiger charge is -2.15. The van der Waals surface area contributed by atoms with Crippen molar-refractivity contribution >= 4 is 34.2 Å². The average Bonchev–Trinajstić information content (AvgIpc) is 3.90. The van der Waals surface area contributed by atoms with E-state index in [4.69, 9.17) is 33.4 Å². The number of aromatic nitrogens is 6. The fourth-order valence-electron chi connectivity index (χ4n) is 7.25. The first-order valence-electron chi connectivity index (χ1n) is 16.5. The van der Waals surface area contributed by atoms with Crippen molar-refractivity contribution in [1.29, 1.82) is 0 Å². The molecule has 4 aromatic heterocycles. The summed E-state index contributed by atoms with van der Waals surface area (Å²) in [7, 11) is 0. The number of benzene rings is 2. The number of rotatable bonds is 7. The summed E-state index contributed by atoms with van der Waals surface area (Å²) in [5, 5.41) is 17.4. The van der Waals surface area contributed by atoms with Crippen LogP contribution in [0.5, 0.6) is 0 Å². The minimum Gasteiger partial charge on any atom is -0.312 e. The molecule has 2 saturated heterocycles. The molecule has 2 aromatic carbocycles. The first-order chi connectivity index (χ1) is 23.3. The predicted octanol–water partition coefficient (Wildman–Crippen LogP) is 5.73. The molecule has 2 N–H and O–H groups in total. The lowest BCUT2D eigenvalue weighted by atomic mass is 9.98. The number of nitrogens with one attached hydrogen (secondary N) is 2. The summed E-state index contributed by atoms with van der Waals surface area (Å²) >= 11 is 14.2. The third kappa shape index (κ3) is 5.37. The fraction of sp³-hybridized carbons (Fsp3) is 0.333. The second-order valence-electron chi connectivity index (χ2n) is 13.0. The van der Waals surface area contributed by atoms with Gasteiger partial charge in [-0.25, -0.2) is 9.03 Å². The maximum absolute atomic E-state index is 13.6. The van der Waals surface area contributed by atoms with Crippen LogP contribution in [0.4, 0.5) is 0 Å². The molecule has 0 aliphatic carbocycles. The Morgan fingerprint density at radius 1 is 0.688 bits per heavy atom. The molecule has 0 spiro atoms. The minimum absolute atomic E-state index is 0.0740. The van der Waals surface area contributed by atoms with Gasteiger partial charge in [0.1, 0.15) is 11.0 Å². The van der Waals surface area contributed by atoms with Crippen molar-refractivity contribution in [2.75, 3.05) is 13.1 Å². The van der Waals surface area contributed by atoms with Gasteiger partial charge in [0.15, 0.2) is 0 Å². The lowest BCUT2D eigenvalue weighted by molar-refractivity contribution is 0.491. The van der Waals surface area contributed by atoms with Gasteiger partial charge in [0, 0.05) is 71.2 Å². The van der Waals surface area contributed by atoms with Gasteiger partial charge in [0.2, 0.25) is 0 Å². The van der Waals surface area contributed by atoms with E-state index in [1.54, 1.807) is 21.2 Å². The van der Waals surface area contributed by atoms with E-state index in [9.17, 15) is 9.59 Å². The zero-order valence-electron chi connectivity index (χ0n) is 26.8. The zero-order valence-corrected chi connectivity index (χ0v) is 28.4. The highest BCUT2D eigenvalue weighted by atomic mass is 35.5. The average molecular weight is 684 g/mol. The molecule has 2 fully saturated rings. The summed E-state index contributed by atoms with van der Waals surface area (Å²) in [4.78, 5) is 27.1. The smallest absolute Gasteiger partial charge is 0.276 e. The summed E-state index contributed by atoms with van der Waals surface area (Å²) in [6.07, 6.45) is 8.15. The van der Waals surface area contributed by atoms with Crippen molar-refractivity contribution < 1.29 is 0 Å². The van der Waals surface area contributed by atoms with Crippen molar-refractivity contribution in [2.45, 2.75) is 64.7 Å². The van der Waals surface area contributed by atoms with Gasteiger partial charge in [0.05, 0.1) is 21.4 Å². The summed E-state index contributed by atoms with van der Waals surface area (Å²) in [6, 6.07) is 15.6. The molecule has 10 nitrogen and oxygen atoms in total. The van der Waals surface area contributed by atoms with E-state index in [1.807, 2.05) is 71.8 Å². The van der Waals surface area contributed by atoms with Crippen LogP contribution in [0.25, 0.3) is 44.7 Å². The predicted molar refractivity (Wildman–Crippen MR) is 190 cm³/mol. The Kier molecular flexibility index (Phi) is 7.99. The highest BCUT2D eigenvalue weighted by Crippen LogP contribution is 2.42. The molecule has 48 heavy (non-hydrogen) atoms. The van der Waals surface area contributed by atoms with E-state index >= 15 is 0 Å². The molecule has 0 bridgehead atoms. The number of halogens is 2. The lowest BCUT2D eigenvalue weighted by Crippen LogP contribution is -2.34. The van der Waals surface area contributed by atoms with Crippen molar-refractivity contribution in [2.24, 2.45) is 0 Å². The molecule has 246 valence electrons. The SMILES string of the molecule is Cc1cn2nc(-c3cccc(-c4cccc(-c5cc6c(=O)n(C[C@H]7CCCN7)c(C)cn6n5)c4Cl)c3Cl)cc2c(=O)n1C[C@H]1CCCN1. The molecule has 0 radical (unpaired) electrons. The highest BCUT2D eigenvalue weighted by molar-refractivity contribution is 6.39. The number of fused-ring (bicyclic) bond motifs is 2. The van der Waals surface area contributed by atoms with Gasteiger partial charge in [-0.2, -0.15) is 10.2 Å². The Labute approximate surface area is 286 Å². The van der Waals surface area contributed by atoms with Gasteiger partial charge in [-0.1, -0.05) is 59.6 Å². The van der Waals surface area contributed by atoms with Crippen molar-refractivity contribution in [3.63, 3.8) is 0 Å². The summed E-state index contributed by atoms with van der Waals surface area (Å²) in [5.41, 5.74) is 6.59. The van der Waals surface area contributed by atoms with Crippen LogP contribution in [-0.2, 0) is 13.1 Å². The molecule has 0 amide bonds. The first kappa shape index (κ1) is 31.1. The van der Waals surface area contributed by atoms with Crippen LogP contribution in [-0.4, -0.2) is 53.5 Å². The quantitative estimate of drug-likeness (QED) is 0.223. The third-order valence-corrected chi connectivity index (χ3v) is 10.7. The van der Waals surface area contributed by atoms with E-state index in [2.05, 4.69) is 10.6 Å². The van der Waals surface area contributed by atoms with Crippen LogP contribution in [0.3, 0.4) is 0 Å². The van der Waals surface area contributed by atoms with Gasteiger partial charge in [-0.05, 0) is 64.8 Å². The molecule has 12 heteroatoms. The first-order valence-corrected chi connectivity index (χ1v) is 17.3. The molecule has 2 atom stereocenters. The van der Waals surface area contributed by atoms with Crippen LogP contribution in [0.2, 0.25) is 10.0 Å². The van der Waals surface area contributed by atoms with Crippen molar-refractivity contribution in [3.05, 3.63) is 103 Å². The van der Waals surface area contributed by atoms with E-state index in [1.165, 1.54) is 0 Å². The van der Waals surface area contributed by atoms with Crippen molar-refractivity contribution in [1.82, 2.24) is 39.0 Å². The Morgan fingerprint density at radius 3 is 1.50 bits per heavy atom. The highest BCUT2D eigenvalue weighted by Gasteiger charge is 2.22. The van der Waals surface area contributed by atoms with E-state index in [0.717, 1.165) is 61.3 Å². The normalized spacial score (nSPS) is 18.1. The largest absolute Gasteiger partial charge is 0.312 e. The monoisotopic (exact) mass is 682 g/mol. The molecule has 2 aliphatic rings. The Morgan fingerprint density at radius 2 is 1.10 bits per heavy atom.